The highest BCUT2D eigenvalue weighted by Crippen LogP contribution is 2.27. The minimum atomic E-state index is -0.761. The van der Waals surface area contributed by atoms with Crippen LogP contribution in [-0.4, -0.2) is 16.1 Å². The number of hydrogen-bond acceptors (Lipinski definition) is 3. The molecule has 0 fully saturated rings. The molecule has 1 unspecified atom stereocenters. The molecule has 1 rings (SSSR count). The molecule has 0 saturated heterocycles. The molecule has 1 aromatic rings. The van der Waals surface area contributed by atoms with E-state index in [0.717, 1.165) is 18.2 Å². The van der Waals surface area contributed by atoms with Crippen molar-refractivity contribution in [2.75, 3.05) is 0 Å². The van der Waals surface area contributed by atoms with Crippen LogP contribution >= 0.6 is 0 Å². The topological polar surface area (TPSA) is 63.4 Å². The molecule has 1 aromatic carbocycles. The van der Waals surface area contributed by atoms with Gasteiger partial charge in [-0.15, -0.1) is 0 Å². The summed E-state index contributed by atoms with van der Waals surface area (Å²) in [7, 11) is 0. The first-order valence-electron chi connectivity index (χ1n) is 5.32. The number of nitro groups is 1. The van der Waals surface area contributed by atoms with Crippen LogP contribution in [-0.2, 0) is 6.42 Å². The first-order chi connectivity index (χ1) is 7.71. The maximum atomic E-state index is 13.1. The minimum Gasteiger partial charge on any atom is -0.392 e. The highest BCUT2D eigenvalue weighted by Gasteiger charge is 2.25. The maximum Gasteiger partial charge on any atom is 0.272 e. The SMILES string of the molecule is CC(C)(C)C(O)Cc1cc(F)ccc1[N+](=O)[O-]. The second-order valence-electron chi connectivity index (χ2n) is 5.12. The molecule has 0 aliphatic heterocycles. The minimum absolute atomic E-state index is 0.0670. The fraction of sp³-hybridized carbons (Fsp3) is 0.500. The molecule has 0 amide bonds. The Hall–Kier alpha value is -1.49. The largest absolute Gasteiger partial charge is 0.392 e. The van der Waals surface area contributed by atoms with Gasteiger partial charge in [-0.05, 0) is 17.5 Å². The van der Waals surface area contributed by atoms with E-state index in [4.69, 9.17) is 0 Å². The Bertz CT molecular complexity index is 426. The number of halogens is 1. The van der Waals surface area contributed by atoms with Crippen molar-refractivity contribution >= 4 is 5.69 Å². The summed E-state index contributed by atoms with van der Waals surface area (Å²) in [6.45, 7) is 5.47. The smallest absolute Gasteiger partial charge is 0.272 e. The van der Waals surface area contributed by atoms with Crippen molar-refractivity contribution in [1.82, 2.24) is 0 Å². The second-order valence-corrected chi connectivity index (χ2v) is 5.12. The summed E-state index contributed by atoms with van der Waals surface area (Å²) in [5.74, 6) is -0.535. The van der Waals surface area contributed by atoms with E-state index in [2.05, 4.69) is 0 Å². The van der Waals surface area contributed by atoms with Crippen LogP contribution in [0.15, 0.2) is 18.2 Å². The van der Waals surface area contributed by atoms with Gasteiger partial charge in [0, 0.05) is 18.1 Å². The summed E-state index contributed by atoms with van der Waals surface area (Å²) in [6.07, 6.45) is -0.694. The van der Waals surface area contributed by atoms with Crippen LogP contribution in [0.5, 0.6) is 0 Å². The van der Waals surface area contributed by atoms with Gasteiger partial charge < -0.3 is 5.11 Å². The number of aliphatic hydroxyl groups is 1. The third-order valence-corrected chi connectivity index (χ3v) is 2.65. The molecule has 0 saturated carbocycles. The Morgan fingerprint density at radius 3 is 2.53 bits per heavy atom. The normalized spacial score (nSPS) is 13.5. The molecule has 1 atom stereocenters. The van der Waals surface area contributed by atoms with E-state index in [1.165, 1.54) is 0 Å². The molecule has 0 radical (unpaired) electrons. The van der Waals surface area contributed by atoms with E-state index in [9.17, 15) is 19.6 Å². The quantitative estimate of drug-likeness (QED) is 0.653. The number of nitro benzene ring substituents is 1. The number of aliphatic hydroxyl groups excluding tert-OH is 1. The van der Waals surface area contributed by atoms with Gasteiger partial charge in [0.1, 0.15) is 5.82 Å². The Kier molecular flexibility index (Phi) is 3.83. The number of nitrogens with zero attached hydrogens (tertiary/aromatic N) is 1. The van der Waals surface area contributed by atoms with E-state index < -0.39 is 22.3 Å². The molecule has 0 aliphatic rings. The van der Waals surface area contributed by atoms with Crippen LogP contribution in [0.25, 0.3) is 0 Å². The summed E-state index contributed by atoms with van der Waals surface area (Å²) in [5.41, 5.74) is -0.340. The zero-order valence-electron chi connectivity index (χ0n) is 10.1. The lowest BCUT2D eigenvalue weighted by atomic mass is 9.85. The molecule has 4 nitrogen and oxygen atoms in total. The molecule has 0 heterocycles. The predicted molar refractivity (Wildman–Crippen MR) is 62.2 cm³/mol. The summed E-state index contributed by atoms with van der Waals surface area (Å²) >= 11 is 0. The Balaban J connectivity index is 3.04. The lowest BCUT2D eigenvalue weighted by Crippen LogP contribution is -2.28. The maximum absolute atomic E-state index is 13.1. The third kappa shape index (κ3) is 3.49. The second kappa shape index (κ2) is 4.79. The van der Waals surface area contributed by atoms with Gasteiger partial charge in [-0.25, -0.2) is 4.39 Å². The molecular formula is C12H16FNO3. The molecule has 94 valence electrons. The molecule has 5 heteroatoms. The lowest BCUT2D eigenvalue weighted by molar-refractivity contribution is -0.385. The van der Waals surface area contributed by atoms with E-state index in [-0.39, 0.29) is 17.7 Å². The highest BCUT2D eigenvalue weighted by atomic mass is 19.1. The third-order valence-electron chi connectivity index (χ3n) is 2.65. The lowest BCUT2D eigenvalue weighted by Gasteiger charge is -2.25. The van der Waals surface area contributed by atoms with Gasteiger partial charge in [0.15, 0.2) is 0 Å². The van der Waals surface area contributed by atoms with Crippen LogP contribution in [0.2, 0.25) is 0 Å². The van der Waals surface area contributed by atoms with E-state index in [1.807, 2.05) is 20.8 Å². The first-order valence-corrected chi connectivity index (χ1v) is 5.32. The highest BCUT2D eigenvalue weighted by molar-refractivity contribution is 5.40. The van der Waals surface area contributed by atoms with Crippen molar-refractivity contribution in [1.29, 1.82) is 0 Å². The molecule has 0 spiro atoms. The number of benzene rings is 1. The van der Waals surface area contributed by atoms with Gasteiger partial charge in [0.25, 0.3) is 5.69 Å². The standard InChI is InChI=1S/C12H16FNO3/c1-12(2,3)11(15)7-8-6-9(13)4-5-10(8)14(16)17/h4-6,11,15H,7H2,1-3H3. The molecule has 0 aliphatic carbocycles. The van der Waals surface area contributed by atoms with Crippen LogP contribution in [0.3, 0.4) is 0 Å². The molecule has 0 bridgehead atoms. The van der Waals surface area contributed by atoms with E-state index >= 15 is 0 Å². The van der Waals surface area contributed by atoms with Crippen molar-refractivity contribution in [2.45, 2.75) is 33.3 Å². The fourth-order valence-electron chi connectivity index (χ4n) is 1.41. The average molecular weight is 241 g/mol. The van der Waals surface area contributed by atoms with Crippen LogP contribution in [0.1, 0.15) is 26.3 Å². The summed E-state index contributed by atoms with van der Waals surface area (Å²) in [6, 6.07) is 3.28. The Morgan fingerprint density at radius 2 is 2.06 bits per heavy atom. The van der Waals surface area contributed by atoms with Gasteiger partial charge >= 0.3 is 0 Å². The summed E-state index contributed by atoms with van der Waals surface area (Å²) in [4.78, 5) is 10.2. The molecule has 0 aromatic heterocycles. The summed E-state index contributed by atoms with van der Waals surface area (Å²) in [5, 5.41) is 20.7. The van der Waals surface area contributed by atoms with Crippen molar-refractivity contribution in [3.8, 4) is 0 Å². The molecule has 17 heavy (non-hydrogen) atoms. The fourth-order valence-corrected chi connectivity index (χ4v) is 1.41. The van der Waals surface area contributed by atoms with Crippen LogP contribution in [0.4, 0.5) is 10.1 Å². The van der Waals surface area contributed by atoms with E-state index in [1.54, 1.807) is 0 Å². The summed E-state index contributed by atoms with van der Waals surface area (Å²) < 4.78 is 13.1. The van der Waals surface area contributed by atoms with Gasteiger partial charge in [-0.2, -0.15) is 0 Å². The Morgan fingerprint density at radius 1 is 1.47 bits per heavy atom. The van der Waals surface area contributed by atoms with Crippen molar-refractivity contribution in [3.05, 3.63) is 39.7 Å². The zero-order chi connectivity index (χ0) is 13.2. The van der Waals surface area contributed by atoms with Gasteiger partial charge in [0.2, 0.25) is 0 Å². The molecule has 1 N–H and O–H groups in total. The zero-order valence-corrected chi connectivity index (χ0v) is 10.1. The first kappa shape index (κ1) is 13.6. The van der Waals surface area contributed by atoms with Crippen molar-refractivity contribution < 1.29 is 14.4 Å². The number of rotatable bonds is 3. The predicted octanol–water partition coefficient (Wildman–Crippen LogP) is 2.68. The average Bonchev–Trinajstić information content (AvgIpc) is 2.15. The van der Waals surface area contributed by atoms with Crippen molar-refractivity contribution in [2.24, 2.45) is 5.41 Å². The van der Waals surface area contributed by atoms with Gasteiger partial charge in [0.05, 0.1) is 11.0 Å². The van der Waals surface area contributed by atoms with Crippen molar-refractivity contribution in [3.63, 3.8) is 0 Å². The van der Waals surface area contributed by atoms with Gasteiger partial charge in [-0.3, -0.25) is 10.1 Å². The van der Waals surface area contributed by atoms with Crippen LogP contribution in [0, 0.1) is 21.3 Å². The monoisotopic (exact) mass is 241 g/mol. The van der Waals surface area contributed by atoms with E-state index in [0.29, 0.717) is 0 Å². The van der Waals surface area contributed by atoms with Gasteiger partial charge in [-0.1, -0.05) is 20.8 Å². The molecular weight excluding hydrogens is 225 g/mol. The number of hydrogen-bond donors (Lipinski definition) is 1. The Labute approximate surface area is 99.2 Å². The van der Waals surface area contributed by atoms with Crippen LogP contribution < -0.4 is 0 Å².